The molecule has 1 N–H and O–H groups in total. The predicted molar refractivity (Wildman–Crippen MR) is 71.4 cm³/mol. The van der Waals surface area contributed by atoms with E-state index in [4.69, 9.17) is 35.0 Å². The quantitative estimate of drug-likeness (QED) is 0.663. The molecule has 0 heterocycles. The van der Waals surface area contributed by atoms with Gasteiger partial charge < -0.3 is 0 Å². The van der Waals surface area contributed by atoms with E-state index in [0.717, 1.165) is 0 Å². The van der Waals surface area contributed by atoms with Gasteiger partial charge in [-0.15, -0.1) is 4.94 Å². The monoisotopic (exact) mass is 294 g/mol. The van der Waals surface area contributed by atoms with E-state index in [9.17, 15) is 4.79 Å². The Kier molecular flexibility index (Phi) is 4.67. The Balaban J connectivity index is 3.07. The number of amides is 1. The molecule has 1 aromatic carbocycles. The molecule has 1 rings (SSSR count). The summed E-state index contributed by atoms with van der Waals surface area (Å²) in [6.45, 7) is 5.58. The highest BCUT2D eigenvalue weighted by molar-refractivity contribution is 6.42. The smallest absolute Gasteiger partial charge is 0.268 e. The van der Waals surface area contributed by atoms with Crippen LogP contribution in [-0.2, 0) is 0 Å². The molecule has 94 valence electrons. The first kappa shape index (κ1) is 14.6. The molecule has 1 aromatic rings. The number of hydrazine groups is 1. The maximum absolute atomic E-state index is 12.2. The molecule has 0 aromatic heterocycles. The number of carbonyl (C=O) groups excluding carboxylic acids is 1. The van der Waals surface area contributed by atoms with Crippen LogP contribution in [0.4, 0.5) is 0 Å². The van der Waals surface area contributed by atoms with Gasteiger partial charge in [0.05, 0.1) is 15.6 Å². The highest BCUT2D eigenvalue weighted by Gasteiger charge is 2.27. The summed E-state index contributed by atoms with van der Waals surface area (Å²) in [5.41, 5.74) is -0.0345. The number of nitrogens with zero attached hydrogens (tertiary/aromatic N) is 1. The lowest BCUT2D eigenvalue weighted by atomic mass is 10.1. The van der Waals surface area contributed by atoms with Crippen molar-refractivity contribution in [2.24, 2.45) is 0 Å². The molecular formula is C11H13Cl3N2O. The van der Waals surface area contributed by atoms with Crippen LogP contribution in [0.25, 0.3) is 0 Å². The minimum absolute atomic E-state index is 0.272. The van der Waals surface area contributed by atoms with Gasteiger partial charge >= 0.3 is 0 Å². The van der Waals surface area contributed by atoms with E-state index in [1.54, 1.807) is 12.1 Å². The number of halogens is 3. The van der Waals surface area contributed by atoms with Crippen molar-refractivity contribution in [1.29, 1.82) is 0 Å². The summed E-state index contributed by atoms with van der Waals surface area (Å²) in [4.78, 5) is 14.5. The largest absolute Gasteiger partial charge is 0.269 e. The molecule has 1 amide bonds. The summed E-state index contributed by atoms with van der Waals surface area (Å²) in [5.74, 6) is -0.272. The Morgan fingerprint density at radius 1 is 1.24 bits per heavy atom. The van der Waals surface area contributed by atoms with Crippen molar-refractivity contribution in [2.45, 2.75) is 26.3 Å². The van der Waals surface area contributed by atoms with E-state index in [1.165, 1.54) is 11.1 Å². The molecule has 0 radical (unpaired) electrons. The van der Waals surface area contributed by atoms with Crippen molar-refractivity contribution in [3.05, 3.63) is 33.8 Å². The number of hydrogen-bond acceptors (Lipinski definition) is 2. The fraction of sp³-hybridized carbons (Fsp3) is 0.364. The average molecular weight is 296 g/mol. The number of carbonyl (C=O) groups is 1. The molecular weight excluding hydrogens is 282 g/mol. The summed E-state index contributed by atoms with van der Waals surface area (Å²) in [6.07, 6.45) is 0. The van der Waals surface area contributed by atoms with Gasteiger partial charge in [-0.05, 0) is 50.7 Å². The van der Waals surface area contributed by atoms with Crippen molar-refractivity contribution < 1.29 is 4.79 Å². The molecule has 0 bridgehead atoms. The van der Waals surface area contributed by atoms with Crippen LogP contribution in [0.5, 0.6) is 0 Å². The first-order valence-corrected chi connectivity index (χ1v) is 6.06. The Bertz CT molecular complexity index is 429. The molecule has 0 fully saturated rings. The standard InChI is InChI=1S/C11H13Cl3N2O/c1-11(2,3)16(15-14)10(17)7-4-5-8(12)9(13)6-7/h4-6,15H,1-3H3. The van der Waals surface area contributed by atoms with E-state index in [1.807, 2.05) is 20.8 Å². The van der Waals surface area contributed by atoms with Crippen LogP contribution >= 0.6 is 35.0 Å². The molecule has 0 saturated carbocycles. The van der Waals surface area contributed by atoms with Gasteiger partial charge in [0.25, 0.3) is 5.91 Å². The zero-order chi connectivity index (χ0) is 13.2. The van der Waals surface area contributed by atoms with Crippen molar-refractivity contribution >= 4 is 40.9 Å². The summed E-state index contributed by atoms with van der Waals surface area (Å²) in [6, 6.07) is 4.69. The molecule has 17 heavy (non-hydrogen) atoms. The Hall–Kier alpha value is -0.480. The molecule has 0 aliphatic carbocycles. The summed E-state index contributed by atoms with van der Waals surface area (Å²) in [5, 5.41) is 2.05. The first-order chi connectivity index (χ1) is 7.77. The van der Waals surface area contributed by atoms with Gasteiger partial charge in [-0.25, -0.2) is 0 Å². The van der Waals surface area contributed by atoms with Crippen LogP contribution in [-0.4, -0.2) is 16.5 Å². The first-order valence-electron chi connectivity index (χ1n) is 4.93. The van der Waals surface area contributed by atoms with Crippen molar-refractivity contribution in [3.8, 4) is 0 Å². The van der Waals surface area contributed by atoms with Crippen LogP contribution in [0.2, 0.25) is 10.0 Å². The van der Waals surface area contributed by atoms with Crippen molar-refractivity contribution in [1.82, 2.24) is 9.95 Å². The van der Waals surface area contributed by atoms with Crippen LogP contribution in [0.15, 0.2) is 18.2 Å². The van der Waals surface area contributed by atoms with Gasteiger partial charge in [0.2, 0.25) is 0 Å². The predicted octanol–water partition coefficient (Wildman–Crippen LogP) is 3.89. The Morgan fingerprint density at radius 2 is 1.82 bits per heavy atom. The third kappa shape index (κ3) is 3.49. The second-order valence-electron chi connectivity index (χ2n) is 4.52. The van der Waals surface area contributed by atoms with Crippen molar-refractivity contribution in [2.75, 3.05) is 0 Å². The van der Waals surface area contributed by atoms with Crippen LogP contribution < -0.4 is 4.94 Å². The molecule has 0 saturated heterocycles. The average Bonchev–Trinajstić information content (AvgIpc) is 2.20. The maximum atomic E-state index is 12.2. The molecule has 0 unspecified atom stereocenters. The second-order valence-corrected chi connectivity index (χ2v) is 5.51. The fourth-order valence-electron chi connectivity index (χ4n) is 1.23. The number of rotatable bonds is 2. The van der Waals surface area contributed by atoms with Gasteiger partial charge in [0, 0.05) is 5.56 Å². The minimum atomic E-state index is -0.453. The van der Waals surface area contributed by atoms with Crippen LogP contribution in [0, 0.1) is 0 Å². The molecule has 0 atom stereocenters. The highest BCUT2D eigenvalue weighted by atomic mass is 35.5. The Labute approximate surface area is 116 Å². The van der Waals surface area contributed by atoms with E-state index in [-0.39, 0.29) is 5.91 Å². The summed E-state index contributed by atoms with van der Waals surface area (Å²) >= 11 is 17.2. The van der Waals surface area contributed by atoms with Gasteiger partial charge in [-0.2, -0.15) is 0 Å². The summed E-state index contributed by atoms with van der Waals surface area (Å²) < 4.78 is 0. The summed E-state index contributed by atoms with van der Waals surface area (Å²) in [7, 11) is 0. The number of benzene rings is 1. The zero-order valence-corrected chi connectivity index (χ0v) is 12.0. The lowest BCUT2D eigenvalue weighted by Crippen LogP contribution is -2.50. The highest BCUT2D eigenvalue weighted by Crippen LogP contribution is 2.24. The molecule has 3 nitrogen and oxygen atoms in total. The maximum Gasteiger partial charge on any atom is 0.269 e. The fourth-order valence-corrected chi connectivity index (χ4v) is 1.86. The van der Waals surface area contributed by atoms with E-state index in [2.05, 4.69) is 4.94 Å². The third-order valence-corrected chi connectivity index (χ3v) is 3.03. The molecule has 6 heteroatoms. The molecule has 0 aliphatic rings. The van der Waals surface area contributed by atoms with Crippen LogP contribution in [0.1, 0.15) is 31.1 Å². The lowest BCUT2D eigenvalue weighted by Gasteiger charge is -2.33. The minimum Gasteiger partial charge on any atom is -0.268 e. The van der Waals surface area contributed by atoms with E-state index < -0.39 is 5.54 Å². The van der Waals surface area contributed by atoms with Crippen molar-refractivity contribution in [3.63, 3.8) is 0 Å². The zero-order valence-electron chi connectivity index (χ0n) is 9.72. The van der Waals surface area contributed by atoms with E-state index >= 15 is 0 Å². The van der Waals surface area contributed by atoms with Gasteiger partial charge in [0.1, 0.15) is 0 Å². The van der Waals surface area contributed by atoms with Gasteiger partial charge in [-0.3, -0.25) is 9.80 Å². The number of hydrogen-bond donors (Lipinski definition) is 1. The van der Waals surface area contributed by atoms with Gasteiger partial charge in [-0.1, -0.05) is 23.2 Å². The second kappa shape index (κ2) is 5.44. The third-order valence-electron chi connectivity index (χ3n) is 2.12. The lowest BCUT2D eigenvalue weighted by molar-refractivity contribution is 0.0516. The van der Waals surface area contributed by atoms with Gasteiger partial charge in [0.15, 0.2) is 0 Å². The number of nitrogens with one attached hydrogen (secondary N) is 1. The SMILES string of the molecule is CC(C)(C)N(NCl)C(=O)c1ccc(Cl)c(Cl)c1. The topological polar surface area (TPSA) is 32.3 Å². The molecule has 0 spiro atoms. The normalized spacial score (nSPS) is 11.4. The molecule has 0 aliphatic heterocycles. The van der Waals surface area contributed by atoms with Crippen LogP contribution in [0.3, 0.4) is 0 Å². The Morgan fingerprint density at radius 3 is 2.24 bits per heavy atom. The van der Waals surface area contributed by atoms with E-state index in [0.29, 0.717) is 15.6 Å².